The van der Waals surface area contributed by atoms with Crippen molar-refractivity contribution in [1.82, 2.24) is 5.32 Å². The van der Waals surface area contributed by atoms with Gasteiger partial charge in [0.15, 0.2) is 0 Å². The fraction of sp³-hybridized carbons (Fsp3) is 1.00. The van der Waals surface area contributed by atoms with Gasteiger partial charge in [0.05, 0.1) is 0 Å². The molecule has 0 unspecified atom stereocenters. The second-order valence-electron chi connectivity index (χ2n) is 3.54. The predicted octanol–water partition coefficient (Wildman–Crippen LogP) is 1.64. The Morgan fingerprint density at radius 3 is 2.44 bits per heavy atom. The smallest absolute Gasteiger partial charge is 0.00104 e. The van der Waals surface area contributed by atoms with Gasteiger partial charge >= 0.3 is 0 Å². The summed E-state index contributed by atoms with van der Waals surface area (Å²) in [7, 11) is 0. The minimum absolute atomic E-state index is 0.665. The summed E-state index contributed by atoms with van der Waals surface area (Å²) in [6.45, 7) is 7.96. The molecule has 0 amide bonds. The molecule has 0 aromatic carbocycles. The molecule has 54 valence electrons. The first-order valence-corrected chi connectivity index (χ1v) is 3.93. The van der Waals surface area contributed by atoms with Crippen molar-refractivity contribution in [2.75, 3.05) is 6.54 Å². The summed E-state index contributed by atoms with van der Waals surface area (Å²) in [6, 6.07) is 0.665. The lowest BCUT2D eigenvalue weighted by Gasteiger charge is -2.05. The molecule has 1 rings (SSSR count). The molecule has 9 heavy (non-hydrogen) atoms. The lowest BCUT2D eigenvalue weighted by Crippen LogP contribution is -2.25. The van der Waals surface area contributed by atoms with Crippen LogP contribution in [0.3, 0.4) is 0 Å². The van der Waals surface area contributed by atoms with E-state index in [0.717, 1.165) is 11.8 Å². The van der Waals surface area contributed by atoms with Gasteiger partial charge in [-0.1, -0.05) is 20.8 Å². The van der Waals surface area contributed by atoms with Crippen molar-refractivity contribution in [2.24, 2.45) is 11.8 Å². The van der Waals surface area contributed by atoms with Crippen molar-refractivity contribution < 1.29 is 0 Å². The van der Waals surface area contributed by atoms with Gasteiger partial charge in [0.2, 0.25) is 0 Å². The Hall–Kier alpha value is -0.0400. The molecule has 0 aromatic heterocycles. The van der Waals surface area contributed by atoms with Crippen LogP contribution in [0.1, 0.15) is 27.2 Å². The molecular weight excluding hydrogens is 110 g/mol. The highest BCUT2D eigenvalue weighted by Gasteiger charge is 2.31. The summed E-state index contributed by atoms with van der Waals surface area (Å²) in [5, 5.41) is 3.44. The second-order valence-corrected chi connectivity index (χ2v) is 3.54. The minimum atomic E-state index is 0.665. The molecular formula is C8H17N. The molecule has 0 spiro atoms. The number of rotatable bonds is 3. The van der Waals surface area contributed by atoms with E-state index in [4.69, 9.17) is 0 Å². The lowest BCUT2D eigenvalue weighted by molar-refractivity contribution is 0.546. The van der Waals surface area contributed by atoms with Crippen LogP contribution in [0.15, 0.2) is 0 Å². The molecule has 0 saturated heterocycles. The summed E-state index contributed by atoms with van der Waals surface area (Å²) in [6.07, 6.45) is 1.44. The molecule has 1 nitrogen and oxygen atoms in total. The summed E-state index contributed by atoms with van der Waals surface area (Å²) >= 11 is 0. The van der Waals surface area contributed by atoms with E-state index in [1.54, 1.807) is 0 Å². The highest BCUT2D eigenvalue weighted by atomic mass is 14.9. The van der Waals surface area contributed by atoms with E-state index >= 15 is 0 Å². The summed E-state index contributed by atoms with van der Waals surface area (Å²) in [5.41, 5.74) is 0. The van der Waals surface area contributed by atoms with Crippen molar-refractivity contribution in [1.29, 1.82) is 0 Å². The first-order valence-electron chi connectivity index (χ1n) is 3.93. The Balaban J connectivity index is 1.94. The van der Waals surface area contributed by atoms with E-state index in [2.05, 4.69) is 26.1 Å². The number of hydrogen-bond donors (Lipinski definition) is 1. The van der Waals surface area contributed by atoms with Crippen LogP contribution in [-0.2, 0) is 0 Å². The normalized spacial score (nSPS) is 33.3. The molecule has 0 aliphatic heterocycles. The minimum Gasteiger partial charge on any atom is -0.314 e. The topological polar surface area (TPSA) is 12.0 Å². The van der Waals surface area contributed by atoms with Crippen molar-refractivity contribution >= 4 is 0 Å². The van der Waals surface area contributed by atoms with Gasteiger partial charge in [-0.05, 0) is 24.8 Å². The maximum Gasteiger partial charge on any atom is 0.00104 e. The van der Waals surface area contributed by atoms with Gasteiger partial charge in [-0.15, -0.1) is 0 Å². The van der Waals surface area contributed by atoms with Crippen LogP contribution < -0.4 is 5.32 Å². The Bertz CT molecular complexity index is 88.6. The van der Waals surface area contributed by atoms with E-state index in [1.807, 2.05) is 0 Å². The van der Waals surface area contributed by atoms with Crippen LogP contribution >= 0.6 is 0 Å². The summed E-state index contributed by atoms with van der Waals surface area (Å²) in [4.78, 5) is 0. The predicted molar refractivity (Wildman–Crippen MR) is 40.4 cm³/mol. The average Bonchev–Trinajstić information content (AvgIpc) is 2.42. The average molecular weight is 127 g/mol. The molecule has 1 aliphatic carbocycles. The highest BCUT2D eigenvalue weighted by Crippen LogP contribution is 2.36. The Labute approximate surface area is 57.8 Å². The van der Waals surface area contributed by atoms with Crippen LogP contribution in [-0.4, -0.2) is 12.6 Å². The standard InChI is InChI=1S/C8H17N/c1-6(2)9-5-8-4-7(8)3/h6-9H,4-5H2,1-3H3/t7-,8-/m0/s1. The molecule has 1 fully saturated rings. The quantitative estimate of drug-likeness (QED) is 0.607. The van der Waals surface area contributed by atoms with E-state index < -0.39 is 0 Å². The Kier molecular flexibility index (Phi) is 2.12. The molecule has 2 atom stereocenters. The largest absolute Gasteiger partial charge is 0.314 e. The third-order valence-corrected chi connectivity index (χ3v) is 2.06. The highest BCUT2D eigenvalue weighted by molar-refractivity contribution is 4.84. The van der Waals surface area contributed by atoms with Crippen molar-refractivity contribution in [2.45, 2.75) is 33.2 Å². The van der Waals surface area contributed by atoms with Gasteiger partial charge in [-0.25, -0.2) is 0 Å². The van der Waals surface area contributed by atoms with Crippen LogP contribution in [0.2, 0.25) is 0 Å². The number of hydrogen-bond acceptors (Lipinski definition) is 1. The molecule has 1 heteroatoms. The second kappa shape index (κ2) is 2.70. The molecule has 0 aromatic rings. The first-order chi connectivity index (χ1) is 4.20. The van der Waals surface area contributed by atoms with E-state index in [-0.39, 0.29) is 0 Å². The fourth-order valence-corrected chi connectivity index (χ4v) is 1.07. The Morgan fingerprint density at radius 1 is 1.56 bits per heavy atom. The first kappa shape index (κ1) is 7.07. The molecule has 1 N–H and O–H groups in total. The molecule has 0 heterocycles. The van der Waals surface area contributed by atoms with Crippen LogP contribution in [0.25, 0.3) is 0 Å². The zero-order valence-corrected chi connectivity index (χ0v) is 6.65. The van der Waals surface area contributed by atoms with Crippen LogP contribution in [0.4, 0.5) is 0 Å². The summed E-state index contributed by atoms with van der Waals surface area (Å²) < 4.78 is 0. The SMILES string of the molecule is CC(C)NC[C@@H]1C[C@@H]1C. The van der Waals surface area contributed by atoms with Gasteiger partial charge < -0.3 is 5.32 Å². The third-order valence-electron chi connectivity index (χ3n) is 2.06. The van der Waals surface area contributed by atoms with Crippen LogP contribution in [0.5, 0.6) is 0 Å². The van der Waals surface area contributed by atoms with E-state index in [1.165, 1.54) is 13.0 Å². The fourth-order valence-electron chi connectivity index (χ4n) is 1.07. The zero-order valence-electron chi connectivity index (χ0n) is 6.65. The molecule has 1 aliphatic rings. The maximum atomic E-state index is 3.44. The van der Waals surface area contributed by atoms with Gasteiger partial charge in [-0.2, -0.15) is 0 Å². The monoisotopic (exact) mass is 127 g/mol. The maximum absolute atomic E-state index is 3.44. The van der Waals surface area contributed by atoms with E-state index in [0.29, 0.717) is 6.04 Å². The lowest BCUT2D eigenvalue weighted by atomic mass is 10.3. The van der Waals surface area contributed by atoms with Crippen LogP contribution in [0, 0.1) is 11.8 Å². The van der Waals surface area contributed by atoms with Gasteiger partial charge in [0, 0.05) is 6.04 Å². The molecule has 1 saturated carbocycles. The van der Waals surface area contributed by atoms with Crippen molar-refractivity contribution in [3.8, 4) is 0 Å². The third kappa shape index (κ3) is 2.35. The van der Waals surface area contributed by atoms with Crippen molar-refractivity contribution in [3.63, 3.8) is 0 Å². The molecule has 0 bridgehead atoms. The van der Waals surface area contributed by atoms with Crippen molar-refractivity contribution in [3.05, 3.63) is 0 Å². The zero-order chi connectivity index (χ0) is 6.85. The van der Waals surface area contributed by atoms with Gasteiger partial charge in [0.1, 0.15) is 0 Å². The van der Waals surface area contributed by atoms with E-state index in [9.17, 15) is 0 Å². The number of nitrogens with one attached hydrogen (secondary N) is 1. The van der Waals surface area contributed by atoms with Gasteiger partial charge in [-0.3, -0.25) is 0 Å². The Morgan fingerprint density at radius 2 is 2.11 bits per heavy atom. The summed E-state index contributed by atoms with van der Waals surface area (Å²) in [5.74, 6) is 1.99. The van der Waals surface area contributed by atoms with Gasteiger partial charge in [0.25, 0.3) is 0 Å². The molecule has 0 radical (unpaired) electrons.